The Morgan fingerprint density at radius 3 is 2.65 bits per heavy atom. The van der Waals surface area contributed by atoms with Gasteiger partial charge in [-0.25, -0.2) is 35.6 Å². The molecule has 0 atom stereocenters. The zero-order valence-corrected chi connectivity index (χ0v) is 17.4. The monoisotopic (exact) mass is 484 g/mol. The van der Waals surface area contributed by atoms with E-state index in [1.807, 2.05) is 0 Å². The molecular weight excluding hydrogens is 468 g/mol. The van der Waals surface area contributed by atoms with Crippen LogP contribution in [0.5, 0.6) is 0 Å². The number of amidine groups is 1. The number of aliphatic imine (C=N–C) groups is 1. The van der Waals surface area contributed by atoms with Gasteiger partial charge >= 0.3 is 0 Å². The van der Waals surface area contributed by atoms with Crippen LogP contribution >= 0.6 is 11.8 Å². The van der Waals surface area contributed by atoms with E-state index in [9.17, 15) is 36.0 Å². The molecule has 31 heavy (non-hydrogen) atoms. The van der Waals surface area contributed by atoms with Gasteiger partial charge in [0.25, 0.3) is 6.43 Å². The van der Waals surface area contributed by atoms with Crippen molar-refractivity contribution in [2.75, 3.05) is 17.8 Å². The number of benzene rings is 1. The van der Waals surface area contributed by atoms with E-state index in [1.165, 1.54) is 0 Å². The number of halogens is 4. The molecule has 0 unspecified atom stereocenters. The standard InChI is InChI=1S/C16H16F4N4O5S2/c1-31(27,28)7-9(25)3-2-4-30-16-13(23-29-24-16)15(22-26)21-8-5-10(14(19)20)12(18)11(17)6-8/h5-6,14,26H,2-4,7H2,1H3,(H,21,22). The van der Waals surface area contributed by atoms with Crippen molar-refractivity contribution in [3.63, 3.8) is 0 Å². The average molecular weight is 484 g/mol. The highest BCUT2D eigenvalue weighted by Crippen LogP contribution is 2.29. The largest absolute Gasteiger partial charge is 0.299 e. The highest BCUT2D eigenvalue weighted by atomic mass is 32.2. The van der Waals surface area contributed by atoms with Gasteiger partial charge in [0.1, 0.15) is 11.5 Å². The summed E-state index contributed by atoms with van der Waals surface area (Å²) in [5.74, 6) is -4.43. The fourth-order valence-corrected chi connectivity index (χ4v) is 3.87. The number of rotatable bonds is 10. The van der Waals surface area contributed by atoms with Gasteiger partial charge in [-0.15, -0.1) is 11.8 Å². The van der Waals surface area contributed by atoms with Crippen LogP contribution in [0.3, 0.4) is 0 Å². The van der Waals surface area contributed by atoms with Crippen LogP contribution < -0.4 is 5.48 Å². The zero-order chi connectivity index (χ0) is 23.2. The molecule has 0 aliphatic heterocycles. The average Bonchev–Trinajstić information content (AvgIpc) is 3.12. The topological polar surface area (TPSA) is 135 Å². The number of alkyl halides is 2. The molecule has 0 saturated carbocycles. The maximum atomic E-state index is 13.6. The van der Waals surface area contributed by atoms with Crippen LogP contribution in [0.4, 0.5) is 23.2 Å². The van der Waals surface area contributed by atoms with E-state index < -0.39 is 56.5 Å². The van der Waals surface area contributed by atoms with Crippen molar-refractivity contribution in [2.24, 2.45) is 4.99 Å². The molecule has 0 bridgehead atoms. The van der Waals surface area contributed by atoms with Gasteiger partial charge in [0.05, 0.1) is 11.3 Å². The molecule has 0 amide bonds. The van der Waals surface area contributed by atoms with Crippen LogP contribution in [-0.2, 0) is 14.6 Å². The van der Waals surface area contributed by atoms with Crippen molar-refractivity contribution in [2.45, 2.75) is 24.3 Å². The van der Waals surface area contributed by atoms with Crippen molar-refractivity contribution in [1.29, 1.82) is 0 Å². The van der Waals surface area contributed by atoms with Gasteiger partial charge in [-0.05, 0) is 22.8 Å². The van der Waals surface area contributed by atoms with Crippen LogP contribution in [0.25, 0.3) is 0 Å². The minimum atomic E-state index is -3.41. The number of hydroxylamine groups is 1. The van der Waals surface area contributed by atoms with Gasteiger partial charge in [-0.2, -0.15) is 0 Å². The number of hydrogen-bond donors (Lipinski definition) is 2. The van der Waals surface area contributed by atoms with Gasteiger partial charge in [0.15, 0.2) is 38.0 Å². The molecule has 0 fully saturated rings. The fraction of sp³-hybridized carbons (Fsp3) is 0.375. The lowest BCUT2D eigenvalue weighted by molar-refractivity contribution is -0.116. The zero-order valence-electron chi connectivity index (χ0n) is 15.8. The summed E-state index contributed by atoms with van der Waals surface area (Å²) in [6, 6.07) is 1.15. The van der Waals surface area contributed by atoms with Crippen molar-refractivity contribution < 1.29 is 40.6 Å². The molecule has 2 rings (SSSR count). The Morgan fingerprint density at radius 2 is 2.03 bits per heavy atom. The number of hydrogen-bond acceptors (Lipinski definition) is 9. The molecule has 1 aromatic heterocycles. The van der Waals surface area contributed by atoms with E-state index in [0.29, 0.717) is 18.6 Å². The van der Waals surface area contributed by atoms with Gasteiger partial charge in [0.2, 0.25) is 0 Å². The molecule has 0 aliphatic carbocycles. The first-order valence-corrected chi connectivity index (χ1v) is 11.5. The Hall–Kier alpha value is -2.52. The van der Waals surface area contributed by atoms with Crippen LogP contribution in [-0.4, -0.2) is 53.3 Å². The third-order valence-electron chi connectivity index (χ3n) is 3.57. The first-order chi connectivity index (χ1) is 14.5. The summed E-state index contributed by atoms with van der Waals surface area (Å²) in [6.07, 6.45) is -2.04. The predicted octanol–water partition coefficient (Wildman–Crippen LogP) is 2.83. The Morgan fingerprint density at radius 1 is 1.32 bits per heavy atom. The van der Waals surface area contributed by atoms with E-state index in [-0.39, 0.29) is 22.9 Å². The summed E-state index contributed by atoms with van der Waals surface area (Å²) in [5.41, 5.74) is -0.134. The molecule has 1 heterocycles. The SMILES string of the molecule is CS(=O)(=O)CC(=O)CCCSc1nonc1C(=Nc1cc(F)c(F)c(C(F)F)c1)NO. The molecule has 170 valence electrons. The number of thioether (sulfide) groups is 1. The van der Waals surface area contributed by atoms with Gasteiger partial charge in [0, 0.05) is 24.5 Å². The minimum absolute atomic E-state index is 0.00510. The smallest absolute Gasteiger partial charge is 0.266 e. The third-order valence-corrected chi connectivity index (χ3v) is 5.45. The molecule has 0 spiro atoms. The number of ketones is 1. The summed E-state index contributed by atoms with van der Waals surface area (Å²) in [6.45, 7) is 0. The summed E-state index contributed by atoms with van der Waals surface area (Å²) in [5, 5.41) is 16.5. The van der Waals surface area contributed by atoms with E-state index in [1.54, 1.807) is 5.48 Å². The van der Waals surface area contributed by atoms with Gasteiger partial charge < -0.3 is 0 Å². The van der Waals surface area contributed by atoms with E-state index >= 15 is 0 Å². The summed E-state index contributed by atoms with van der Waals surface area (Å²) in [4.78, 5) is 15.3. The van der Waals surface area contributed by atoms with Crippen LogP contribution in [0.2, 0.25) is 0 Å². The van der Waals surface area contributed by atoms with E-state index in [4.69, 9.17) is 0 Å². The Labute approximate surface area is 177 Å². The first kappa shape index (κ1) is 24.7. The number of nitrogens with one attached hydrogen (secondary N) is 1. The fourth-order valence-electron chi connectivity index (χ4n) is 2.30. The highest BCUT2D eigenvalue weighted by Gasteiger charge is 2.21. The van der Waals surface area contributed by atoms with Gasteiger partial charge in [-0.1, -0.05) is 0 Å². The van der Waals surface area contributed by atoms with Crippen molar-refractivity contribution in [3.8, 4) is 0 Å². The predicted molar refractivity (Wildman–Crippen MR) is 101 cm³/mol. The van der Waals surface area contributed by atoms with Crippen LogP contribution in [0.15, 0.2) is 26.8 Å². The van der Waals surface area contributed by atoms with E-state index in [0.717, 1.165) is 18.0 Å². The Kier molecular flexibility index (Phi) is 8.52. The number of aromatic nitrogens is 2. The lowest BCUT2D eigenvalue weighted by Gasteiger charge is -2.06. The Balaban J connectivity index is 2.13. The number of carbonyl (C=O) groups is 1. The second kappa shape index (κ2) is 10.7. The van der Waals surface area contributed by atoms with E-state index in [2.05, 4.69) is 19.9 Å². The van der Waals surface area contributed by atoms with Crippen LogP contribution in [0, 0.1) is 11.6 Å². The van der Waals surface area contributed by atoms with Crippen LogP contribution in [0.1, 0.15) is 30.5 Å². The number of carbonyl (C=O) groups excluding carboxylic acids is 1. The molecule has 15 heteroatoms. The second-order valence-electron chi connectivity index (χ2n) is 6.18. The number of nitrogens with zero attached hydrogens (tertiary/aromatic N) is 3. The molecule has 0 saturated heterocycles. The number of Topliss-reactive ketones (excluding diaryl/α,β-unsaturated/α-hetero) is 1. The molecule has 2 aromatic rings. The molecule has 0 radical (unpaired) electrons. The summed E-state index contributed by atoms with van der Waals surface area (Å²) in [7, 11) is -3.41. The summed E-state index contributed by atoms with van der Waals surface area (Å²) < 4.78 is 79.4. The van der Waals surface area contributed by atoms with Crippen molar-refractivity contribution in [1.82, 2.24) is 15.8 Å². The second-order valence-corrected chi connectivity index (χ2v) is 9.41. The van der Waals surface area contributed by atoms with Crippen molar-refractivity contribution >= 4 is 38.9 Å². The highest BCUT2D eigenvalue weighted by molar-refractivity contribution is 7.99. The lowest BCUT2D eigenvalue weighted by Crippen LogP contribution is -2.21. The maximum absolute atomic E-state index is 13.6. The van der Waals surface area contributed by atoms with Crippen molar-refractivity contribution in [3.05, 3.63) is 35.0 Å². The molecular formula is C16H16F4N4O5S2. The molecule has 9 nitrogen and oxygen atoms in total. The van der Waals surface area contributed by atoms with Gasteiger partial charge in [-0.3, -0.25) is 15.5 Å². The Bertz CT molecular complexity index is 1080. The normalized spacial score (nSPS) is 12.4. The number of sulfone groups is 1. The summed E-state index contributed by atoms with van der Waals surface area (Å²) >= 11 is 1.03. The molecule has 2 N–H and O–H groups in total. The third kappa shape index (κ3) is 7.29. The minimum Gasteiger partial charge on any atom is -0.299 e. The molecule has 0 aliphatic rings. The first-order valence-electron chi connectivity index (χ1n) is 8.43. The quantitative estimate of drug-likeness (QED) is 0.130. The lowest BCUT2D eigenvalue weighted by atomic mass is 10.2. The maximum Gasteiger partial charge on any atom is 0.266 e. The molecule has 1 aromatic carbocycles.